The molecule has 0 radical (unpaired) electrons. The van der Waals surface area contributed by atoms with Crippen LogP contribution in [-0.2, 0) is 16.1 Å². The molecular formula is C28H26N2O4. The van der Waals surface area contributed by atoms with Crippen LogP contribution < -0.4 is 4.74 Å². The summed E-state index contributed by atoms with van der Waals surface area (Å²) in [5, 5.41) is 10.8. The van der Waals surface area contributed by atoms with Gasteiger partial charge in [0.15, 0.2) is 11.5 Å². The van der Waals surface area contributed by atoms with Crippen molar-refractivity contribution in [3.8, 4) is 5.75 Å². The number of nitrogens with zero attached hydrogens (tertiary/aromatic N) is 2. The third-order valence-electron chi connectivity index (χ3n) is 5.54. The summed E-state index contributed by atoms with van der Waals surface area (Å²) in [6.45, 7) is 2.83. The Bertz CT molecular complexity index is 1200. The molecule has 1 aliphatic rings. The minimum absolute atomic E-state index is 0.0586. The van der Waals surface area contributed by atoms with Crippen molar-refractivity contribution in [1.29, 1.82) is 0 Å². The number of pyridine rings is 1. The number of allylic oxidation sites excluding steroid dienone is 1. The molecule has 6 heteroatoms. The van der Waals surface area contributed by atoms with Gasteiger partial charge in [-0.25, -0.2) is 0 Å². The highest BCUT2D eigenvalue weighted by atomic mass is 16.5. The van der Waals surface area contributed by atoms with Crippen molar-refractivity contribution in [1.82, 2.24) is 9.88 Å². The predicted octanol–water partition coefficient (Wildman–Crippen LogP) is 5.05. The summed E-state index contributed by atoms with van der Waals surface area (Å²) in [4.78, 5) is 31.9. The lowest BCUT2D eigenvalue weighted by molar-refractivity contribution is -0.130. The van der Waals surface area contributed by atoms with E-state index in [9.17, 15) is 14.7 Å². The fraction of sp³-hybridized carbons (Fsp3) is 0.179. The second-order valence-electron chi connectivity index (χ2n) is 7.98. The number of aliphatic hydroxyl groups is 1. The number of ketones is 1. The maximum Gasteiger partial charge on any atom is 0.290 e. The average Bonchev–Trinajstić information content (AvgIpc) is 3.12. The molecule has 0 saturated carbocycles. The van der Waals surface area contributed by atoms with Crippen LogP contribution in [0, 0.1) is 0 Å². The Hall–Kier alpha value is -4.19. The van der Waals surface area contributed by atoms with Gasteiger partial charge < -0.3 is 14.7 Å². The first-order chi connectivity index (χ1) is 16.6. The largest absolute Gasteiger partial charge is 0.503 e. The topological polar surface area (TPSA) is 79.7 Å². The fourth-order valence-corrected chi connectivity index (χ4v) is 3.90. The fourth-order valence-electron chi connectivity index (χ4n) is 3.90. The Morgan fingerprint density at radius 1 is 1.09 bits per heavy atom. The van der Waals surface area contributed by atoms with E-state index in [4.69, 9.17) is 4.74 Å². The van der Waals surface area contributed by atoms with E-state index in [0.29, 0.717) is 17.9 Å². The van der Waals surface area contributed by atoms with Crippen LogP contribution in [-0.4, -0.2) is 33.3 Å². The summed E-state index contributed by atoms with van der Waals surface area (Å²) in [5.74, 6) is -0.821. The van der Waals surface area contributed by atoms with Gasteiger partial charge in [0.25, 0.3) is 5.91 Å². The van der Waals surface area contributed by atoms with Crippen LogP contribution in [0.15, 0.2) is 96.5 Å². The van der Waals surface area contributed by atoms with Gasteiger partial charge in [-0.1, -0.05) is 61.5 Å². The molecule has 0 saturated heterocycles. The number of carbonyl (C=O) groups is 2. The lowest BCUT2D eigenvalue weighted by Gasteiger charge is -2.26. The van der Waals surface area contributed by atoms with E-state index < -0.39 is 23.5 Å². The van der Waals surface area contributed by atoms with Crippen molar-refractivity contribution >= 4 is 17.8 Å². The van der Waals surface area contributed by atoms with Gasteiger partial charge in [-0.05, 0) is 47.4 Å². The number of hydrogen-bond acceptors (Lipinski definition) is 5. The molecule has 4 rings (SSSR count). The van der Waals surface area contributed by atoms with Crippen molar-refractivity contribution in [3.63, 3.8) is 0 Å². The van der Waals surface area contributed by atoms with Crippen molar-refractivity contribution in [3.05, 3.63) is 113 Å². The minimum atomic E-state index is -0.735. The monoisotopic (exact) mass is 454 g/mol. The average molecular weight is 455 g/mol. The molecule has 0 spiro atoms. The number of aliphatic hydroxyl groups excluding tert-OH is 1. The second-order valence-corrected chi connectivity index (χ2v) is 7.98. The van der Waals surface area contributed by atoms with Crippen LogP contribution >= 0.6 is 0 Å². The molecule has 172 valence electrons. The third kappa shape index (κ3) is 5.07. The Morgan fingerprint density at radius 2 is 1.85 bits per heavy atom. The Labute approximate surface area is 198 Å². The van der Waals surface area contributed by atoms with E-state index in [1.165, 1.54) is 11.0 Å². The smallest absolute Gasteiger partial charge is 0.290 e. The van der Waals surface area contributed by atoms with E-state index in [2.05, 4.69) is 4.98 Å². The van der Waals surface area contributed by atoms with E-state index in [1.54, 1.807) is 24.5 Å². The SMILES string of the molecule is CCCOc1ccc(C2C(C(=O)/C=C/c3ccccc3)=C(O)C(=O)N2Cc2cccnc2)cc1. The van der Waals surface area contributed by atoms with E-state index >= 15 is 0 Å². The lowest BCUT2D eigenvalue weighted by atomic mass is 9.95. The summed E-state index contributed by atoms with van der Waals surface area (Å²) in [5.41, 5.74) is 2.41. The van der Waals surface area contributed by atoms with Crippen LogP contribution in [0.3, 0.4) is 0 Å². The molecule has 0 aliphatic carbocycles. The van der Waals surface area contributed by atoms with Gasteiger partial charge in [-0.15, -0.1) is 0 Å². The number of carbonyl (C=O) groups excluding carboxylic acids is 2. The van der Waals surface area contributed by atoms with Gasteiger partial charge >= 0.3 is 0 Å². The zero-order chi connectivity index (χ0) is 23.9. The van der Waals surface area contributed by atoms with Crippen LogP contribution in [0.5, 0.6) is 5.75 Å². The van der Waals surface area contributed by atoms with Crippen LogP contribution in [0.1, 0.15) is 36.1 Å². The molecular weight excluding hydrogens is 428 g/mol. The van der Waals surface area contributed by atoms with E-state index in [1.807, 2.05) is 67.6 Å². The summed E-state index contributed by atoms with van der Waals surface area (Å²) in [6, 6.07) is 19.6. The first kappa shape index (κ1) is 23.0. The first-order valence-electron chi connectivity index (χ1n) is 11.2. The molecule has 2 aromatic carbocycles. The van der Waals surface area contributed by atoms with Crippen molar-refractivity contribution < 1.29 is 19.4 Å². The molecule has 3 aromatic rings. The number of amides is 1. The van der Waals surface area contributed by atoms with E-state index in [-0.39, 0.29) is 12.1 Å². The Balaban J connectivity index is 1.69. The highest BCUT2D eigenvalue weighted by Crippen LogP contribution is 2.39. The maximum absolute atomic E-state index is 13.2. The zero-order valence-electron chi connectivity index (χ0n) is 18.9. The Morgan fingerprint density at radius 3 is 2.53 bits per heavy atom. The number of rotatable bonds is 9. The summed E-state index contributed by atoms with van der Waals surface area (Å²) < 4.78 is 5.67. The maximum atomic E-state index is 13.2. The molecule has 1 atom stereocenters. The highest BCUT2D eigenvalue weighted by molar-refractivity contribution is 6.14. The summed E-state index contributed by atoms with van der Waals surface area (Å²) >= 11 is 0. The van der Waals surface area contributed by atoms with Crippen LogP contribution in [0.25, 0.3) is 6.08 Å². The molecule has 2 heterocycles. The van der Waals surface area contributed by atoms with Gasteiger partial charge in [0.2, 0.25) is 0 Å². The third-order valence-corrected chi connectivity index (χ3v) is 5.54. The van der Waals surface area contributed by atoms with Gasteiger partial charge in [0, 0.05) is 18.9 Å². The molecule has 34 heavy (non-hydrogen) atoms. The van der Waals surface area contributed by atoms with Gasteiger partial charge in [-0.2, -0.15) is 0 Å². The lowest BCUT2D eigenvalue weighted by Crippen LogP contribution is -2.30. The van der Waals surface area contributed by atoms with Crippen molar-refractivity contribution in [2.24, 2.45) is 0 Å². The quantitative estimate of drug-likeness (QED) is 0.458. The minimum Gasteiger partial charge on any atom is -0.503 e. The zero-order valence-corrected chi connectivity index (χ0v) is 18.9. The van der Waals surface area contributed by atoms with Crippen LogP contribution in [0.4, 0.5) is 0 Å². The molecule has 1 amide bonds. The van der Waals surface area contributed by atoms with Gasteiger partial charge in [-0.3, -0.25) is 14.6 Å². The molecule has 1 N–H and O–H groups in total. The van der Waals surface area contributed by atoms with Crippen LogP contribution in [0.2, 0.25) is 0 Å². The van der Waals surface area contributed by atoms with Gasteiger partial charge in [0.05, 0.1) is 18.2 Å². The molecule has 0 fully saturated rings. The van der Waals surface area contributed by atoms with Crippen molar-refractivity contribution in [2.45, 2.75) is 25.9 Å². The number of aromatic nitrogens is 1. The molecule has 0 bridgehead atoms. The van der Waals surface area contributed by atoms with E-state index in [0.717, 1.165) is 17.5 Å². The summed E-state index contributed by atoms with van der Waals surface area (Å²) in [6.07, 6.45) is 7.28. The normalized spacial score (nSPS) is 15.9. The second kappa shape index (κ2) is 10.6. The number of benzene rings is 2. The highest BCUT2D eigenvalue weighted by Gasteiger charge is 2.42. The first-order valence-corrected chi connectivity index (χ1v) is 11.2. The standard InChI is InChI=1S/C28H26N2O4/c1-2-17-34-23-13-11-22(12-14-23)26-25(24(31)15-10-20-7-4-3-5-8-20)27(32)28(33)30(26)19-21-9-6-16-29-18-21/h3-16,18,26,32H,2,17,19H2,1H3/b15-10+. The number of hydrogen-bond donors (Lipinski definition) is 1. The molecule has 1 aliphatic heterocycles. The van der Waals surface area contributed by atoms with Gasteiger partial charge in [0.1, 0.15) is 5.75 Å². The molecule has 6 nitrogen and oxygen atoms in total. The summed E-state index contributed by atoms with van der Waals surface area (Å²) in [7, 11) is 0. The number of ether oxygens (including phenoxy) is 1. The molecule has 1 aromatic heterocycles. The van der Waals surface area contributed by atoms with Crippen molar-refractivity contribution in [2.75, 3.05) is 6.61 Å². The molecule has 1 unspecified atom stereocenters. The predicted molar refractivity (Wildman–Crippen MR) is 130 cm³/mol. The Kier molecular flexibility index (Phi) is 7.18.